The molecule has 0 spiro atoms. The highest BCUT2D eigenvalue weighted by atomic mass is 32.2. The van der Waals surface area contributed by atoms with Gasteiger partial charge in [-0.25, -0.2) is 14.8 Å². The maximum Gasteiger partial charge on any atom is 0.336 e. The van der Waals surface area contributed by atoms with Crippen LogP contribution < -0.4 is 0 Å². The van der Waals surface area contributed by atoms with E-state index in [9.17, 15) is 4.79 Å². The first-order valence-corrected chi connectivity index (χ1v) is 6.36. The molecule has 94 valence electrons. The normalized spacial score (nSPS) is 10.7. The van der Waals surface area contributed by atoms with Crippen LogP contribution in [0.15, 0.2) is 52.9 Å². The predicted molar refractivity (Wildman–Crippen MR) is 71.4 cm³/mol. The lowest BCUT2D eigenvalue weighted by Crippen LogP contribution is -1.98. The molecule has 2 aromatic heterocycles. The van der Waals surface area contributed by atoms with E-state index >= 15 is 0 Å². The molecule has 0 atom stereocenters. The molecule has 3 aromatic rings. The fourth-order valence-electron chi connectivity index (χ4n) is 1.79. The highest BCUT2D eigenvalue weighted by Gasteiger charge is 2.09. The number of hydrogen-bond acceptors (Lipinski definition) is 4. The number of aromatic carboxylic acids is 1. The Bertz CT molecular complexity index is 741. The molecule has 0 unspecified atom stereocenters. The van der Waals surface area contributed by atoms with Gasteiger partial charge in [-0.1, -0.05) is 6.07 Å². The number of aromatic amines is 1. The third-order valence-corrected chi connectivity index (χ3v) is 3.46. The molecule has 0 saturated carbocycles. The number of imidazole rings is 1. The number of carboxylic acids is 1. The zero-order valence-corrected chi connectivity index (χ0v) is 10.5. The second-order valence-corrected chi connectivity index (χ2v) is 4.83. The van der Waals surface area contributed by atoms with Gasteiger partial charge in [0.15, 0.2) is 5.16 Å². The summed E-state index contributed by atoms with van der Waals surface area (Å²) in [7, 11) is 0. The molecule has 0 saturated heterocycles. The summed E-state index contributed by atoms with van der Waals surface area (Å²) < 4.78 is 0. The summed E-state index contributed by atoms with van der Waals surface area (Å²) in [6.45, 7) is 0. The summed E-state index contributed by atoms with van der Waals surface area (Å²) in [4.78, 5) is 22.6. The van der Waals surface area contributed by atoms with Gasteiger partial charge in [-0.3, -0.25) is 0 Å². The quantitative estimate of drug-likeness (QED) is 0.765. The van der Waals surface area contributed by atoms with Crippen LogP contribution in [0.1, 0.15) is 10.4 Å². The lowest BCUT2D eigenvalue weighted by Gasteiger charge is -2.03. The standard InChI is InChI=1S/C13H9N3O2S/c17-12(18)9-2-1-3-10-8(9)4-5-11(16-10)19-13-14-6-7-15-13/h1-7H,(H,14,15)(H,17,18). The number of carboxylic acid groups (broad SMARTS) is 1. The number of carbonyl (C=O) groups is 1. The van der Waals surface area contributed by atoms with Crippen LogP contribution in [0.2, 0.25) is 0 Å². The Morgan fingerprint density at radius 3 is 2.89 bits per heavy atom. The fraction of sp³-hybridized carbons (Fsp3) is 0. The van der Waals surface area contributed by atoms with Crippen molar-refractivity contribution < 1.29 is 9.90 Å². The summed E-state index contributed by atoms with van der Waals surface area (Å²) in [5.41, 5.74) is 0.927. The van der Waals surface area contributed by atoms with Gasteiger partial charge in [0, 0.05) is 17.8 Å². The van der Waals surface area contributed by atoms with Gasteiger partial charge in [-0.05, 0) is 36.0 Å². The molecule has 0 aliphatic heterocycles. The number of hydrogen-bond donors (Lipinski definition) is 2. The van der Waals surface area contributed by atoms with Gasteiger partial charge in [0.1, 0.15) is 5.03 Å². The van der Waals surface area contributed by atoms with Gasteiger partial charge >= 0.3 is 5.97 Å². The van der Waals surface area contributed by atoms with Crippen LogP contribution in [0.5, 0.6) is 0 Å². The maximum atomic E-state index is 11.1. The highest BCUT2D eigenvalue weighted by Crippen LogP contribution is 2.26. The fourth-order valence-corrected chi connectivity index (χ4v) is 2.50. The van der Waals surface area contributed by atoms with Crippen LogP contribution in [0.4, 0.5) is 0 Å². The smallest absolute Gasteiger partial charge is 0.336 e. The van der Waals surface area contributed by atoms with Crippen LogP contribution in [-0.2, 0) is 0 Å². The van der Waals surface area contributed by atoms with Crippen molar-refractivity contribution in [3.05, 3.63) is 48.3 Å². The molecule has 2 heterocycles. The third-order valence-electron chi connectivity index (χ3n) is 2.61. The average Bonchev–Trinajstić information content (AvgIpc) is 2.90. The first kappa shape index (κ1) is 11.7. The number of fused-ring (bicyclic) bond motifs is 1. The number of pyridine rings is 1. The zero-order valence-electron chi connectivity index (χ0n) is 9.70. The van der Waals surface area contributed by atoms with Crippen molar-refractivity contribution in [3.63, 3.8) is 0 Å². The van der Waals surface area contributed by atoms with Gasteiger partial charge < -0.3 is 10.1 Å². The second kappa shape index (κ2) is 4.74. The Kier molecular flexibility index (Phi) is 2.92. The summed E-state index contributed by atoms with van der Waals surface area (Å²) >= 11 is 1.40. The third kappa shape index (κ3) is 2.30. The van der Waals surface area contributed by atoms with Crippen molar-refractivity contribution in [2.45, 2.75) is 10.2 Å². The lowest BCUT2D eigenvalue weighted by molar-refractivity contribution is 0.0699. The van der Waals surface area contributed by atoms with Gasteiger partial charge in [0.25, 0.3) is 0 Å². The van der Waals surface area contributed by atoms with E-state index in [0.29, 0.717) is 10.9 Å². The van der Waals surface area contributed by atoms with Crippen molar-refractivity contribution in [3.8, 4) is 0 Å². The summed E-state index contributed by atoms with van der Waals surface area (Å²) in [6, 6.07) is 8.64. The number of nitrogens with one attached hydrogen (secondary N) is 1. The van der Waals surface area contributed by atoms with Crippen molar-refractivity contribution in [1.29, 1.82) is 0 Å². The largest absolute Gasteiger partial charge is 0.478 e. The van der Waals surface area contributed by atoms with E-state index in [1.807, 2.05) is 0 Å². The molecular formula is C13H9N3O2S. The predicted octanol–water partition coefficient (Wildman–Crippen LogP) is 2.81. The second-order valence-electron chi connectivity index (χ2n) is 3.82. The van der Waals surface area contributed by atoms with Gasteiger partial charge in [0.2, 0.25) is 0 Å². The molecule has 0 fully saturated rings. The Morgan fingerprint density at radius 2 is 2.16 bits per heavy atom. The molecular weight excluding hydrogens is 262 g/mol. The molecule has 0 amide bonds. The SMILES string of the molecule is O=C(O)c1cccc2nc(Sc3ncc[nH]3)ccc12. The van der Waals surface area contributed by atoms with Crippen molar-refractivity contribution in [2.24, 2.45) is 0 Å². The maximum absolute atomic E-state index is 11.1. The molecule has 6 heteroatoms. The molecule has 5 nitrogen and oxygen atoms in total. The number of rotatable bonds is 3. The van der Waals surface area contributed by atoms with E-state index in [0.717, 1.165) is 10.2 Å². The highest BCUT2D eigenvalue weighted by molar-refractivity contribution is 7.99. The van der Waals surface area contributed by atoms with E-state index in [4.69, 9.17) is 5.11 Å². The Morgan fingerprint density at radius 1 is 1.26 bits per heavy atom. The monoisotopic (exact) mass is 271 g/mol. The Hall–Kier alpha value is -2.34. The van der Waals surface area contributed by atoms with Crippen molar-refractivity contribution in [1.82, 2.24) is 15.0 Å². The van der Waals surface area contributed by atoms with E-state index < -0.39 is 5.97 Å². The van der Waals surface area contributed by atoms with Crippen LogP contribution in [0.25, 0.3) is 10.9 Å². The molecule has 3 rings (SSSR count). The molecule has 0 aliphatic rings. The first-order chi connectivity index (χ1) is 9.24. The molecule has 0 aliphatic carbocycles. The van der Waals surface area contributed by atoms with Gasteiger partial charge in [-0.15, -0.1) is 0 Å². The Balaban J connectivity index is 2.04. The summed E-state index contributed by atoms with van der Waals surface area (Å²) in [6.07, 6.45) is 3.41. The molecule has 19 heavy (non-hydrogen) atoms. The van der Waals surface area contributed by atoms with Crippen LogP contribution in [0, 0.1) is 0 Å². The number of benzene rings is 1. The van der Waals surface area contributed by atoms with Crippen molar-refractivity contribution >= 4 is 28.6 Å². The van der Waals surface area contributed by atoms with Gasteiger partial charge in [0.05, 0.1) is 11.1 Å². The van der Waals surface area contributed by atoms with Gasteiger partial charge in [-0.2, -0.15) is 0 Å². The van der Waals surface area contributed by atoms with E-state index in [2.05, 4.69) is 15.0 Å². The molecule has 1 aromatic carbocycles. The zero-order chi connectivity index (χ0) is 13.2. The van der Waals surface area contributed by atoms with Crippen LogP contribution >= 0.6 is 11.8 Å². The Labute approximate surface area is 112 Å². The van der Waals surface area contributed by atoms with Crippen LogP contribution in [0.3, 0.4) is 0 Å². The number of aromatic nitrogens is 3. The van der Waals surface area contributed by atoms with Crippen LogP contribution in [-0.4, -0.2) is 26.0 Å². The molecule has 0 radical (unpaired) electrons. The first-order valence-electron chi connectivity index (χ1n) is 5.54. The minimum atomic E-state index is -0.946. The minimum Gasteiger partial charge on any atom is -0.478 e. The van der Waals surface area contributed by atoms with E-state index in [-0.39, 0.29) is 5.56 Å². The van der Waals surface area contributed by atoms with E-state index in [1.165, 1.54) is 11.8 Å². The summed E-state index contributed by atoms with van der Waals surface area (Å²) in [5, 5.41) is 11.3. The number of H-pyrrole nitrogens is 1. The van der Waals surface area contributed by atoms with E-state index in [1.54, 1.807) is 42.7 Å². The molecule has 0 bridgehead atoms. The topological polar surface area (TPSA) is 78.9 Å². The lowest BCUT2D eigenvalue weighted by atomic mass is 10.1. The minimum absolute atomic E-state index is 0.263. The number of nitrogens with zero attached hydrogens (tertiary/aromatic N) is 2. The average molecular weight is 271 g/mol. The van der Waals surface area contributed by atoms with Crippen molar-refractivity contribution in [2.75, 3.05) is 0 Å². The molecule has 2 N–H and O–H groups in total. The summed E-state index contributed by atoms with van der Waals surface area (Å²) in [5.74, 6) is -0.946.